The first-order chi connectivity index (χ1) is 18.6. The fourth-order valence-corrected chi connectivity index (χ4v) is 3.82. The van der Waals surface area contributed by atoms with Crippen LogP contribution in [0.1, 0.15) is 18.1 Å². The van der Waals surface area contributed by atoms with E-state index in [9.17, 15) is 13.2 Å². The molecule has 0 radical (unpaired) electrons. The standard InChI is InChI=1S/C27H25F3N6O2S/c1-4-35(26(39)33-24-14-13-23(37-3)15-18(24)2)32-16-19-5-7-20(8-6-19)25-31-17-36(34-25)21-9-11-22(12-10-21)38-27(28,29)30/h5-17H,4H2,1-3H3,(H,33,39). The van der Waals surface area contributed by atoms with Crippen molar-refractivity contribution in [3.8, 4) is 28.6 Å². The summed E-state index contributed by atoms with van der Waals surface area (Å²) in [5, 5.41) is 14.3. The summed E-state index contributed by atoms with van der Waals surface area (Å²) in [6.07, 6.45) is -1.55. The number of benzene rings is 3. The molecule has 1 N–H and O–H groups in total. The minimum absolute atomic E-state index is 0.308. The SMILES string of the molecule is CCN(N=Cc1ccc(-c2ncn(-c3ccc(OC(F)(F)F)cc3)n2)cc1)C(=S)Nc1ccc(OC)cc1C. The summed E-state index contributed by atoms with van der Waals surface area (Å²) in [5.41, 5.74) is 4.02. The van der Waals surface area contributed by atoms with Crippen LogP contribution in [0.3, 0.4) is 0 Å². The van der Waals surface area contributed by atoms with Crippen LogP contribution in [0.25, 0.3) is 17.1 Å². The van der Waals surface area contributed by atoms with Crippen molar-refractivity contribution < 1.29 is 22.6 Å². The Morgan fingerprint density at radius 2 is 1.77 bits per heavy atom. The molecule has 0 unspecified atom stereocenters. The maximum Gasteiger partial charge on any atom is 0.573 e. The zero-order valence-electron chi connectivity index (χ0n) is 21.3. The van der Waals surface area contributed by atoms with E-state index in [1.807, 2.05) is 56.3 Å². The summed E-state index contributed by atoms with van der Waals surface area (Å²) in [4.78, 5) is 4.31. The number of aryl methyl sites for hydroxylation is 1. The maximum atomic E-state index is 12.4. The number of hydrogen-bond donors (Lipinski definition) is 1. The van der Waals surface area contributed by atoms with Gasteiger partial charge >= 0.3 is 6.36 Å². The Labute approximate surface area is 228 Å². The van der Waals surface area contributed by atoms with Crippen LogP contribution < -0.4 is 14.8 Å². The Hall–Kier alpha value is -4.45. The van der Waals surface area contributed by atoms with Gasteiger partial charge in [-0.2, -0.15) is 5.10 Å². The third-order valence-corrected chi connectivity index (χ3v) is 5.86. The van der Waals surface area contributed by atoms with E-state index >= 15 is 0 Å². The average molecular weight is 555 g/mol. The van der Waals surface area contributed by atoms with Crippen LogP contribution in [-0.4, -0.2) is 51.1 Å². The minimum Gasteiger partial charge on any atom is -0.497 e. The van der Waals surface area contributed by atoms with Gasteiger partial charge in [0.1, 0.15) is 17.8 Å². The van der Waals surface area contributed by atoms with Crippen molar-refractivity contribution >= 4 is 29.2 Å². The van der Waals surface area contributed by atoms with Crippen LogP contribution >= 0.6 is 12.2 Å². The number of ether oxygens (including phenoxy) is 2. The molecule has 4 aromatic rings. The molecular formula is C27H25F3N6O2S. The number of hydrogen-bond acceptors (Lipinski definition) is 6. The van der Waals surface area contributed by atoms with Crippen LogP contribution in [0.2, 0.25) is 0 Å². The summed E-state index contributed by atoms with van der Waals surface area (Å²) in [6, 6.07) is 18.5. The number of anilines is 1. The van der Waals surface area contributed by atoms with Crippen LogP contribution in [-0.2, 0) is 0 Å². The first-order valence-corrected chi connectivity index (χ1v) is 12.2. The number of methoxy groups -OCH3 is 1. The number of hydrazone groups is 1. The molecule has 1 aromatic heterocycles. The van der Waals surface area contributed by atoms with Crippen LogP contribution in [0.15, 0.2) is 78.2 Å². The first kappa shape index (κ1) is 27.6. The topological polar surface area (TPSA) is 76.8 Å². The Kier molecular flexibility index (Phi) is 8.45. The molecule has 3 aromatic carbocycles. The number of halogens is 3. The molecule has 0 saturated heterocycles. The zero-order chi connectivity index (χ0) is 28.0. The lowest BCUT2D eigenvalue weighted by Crippen LogP contribution is -2.30. The van der Waals surface area contributed by atoms with E-state index < -0.39 is 6.36 Å². The third kappa shape index (κ3) is 7.32. The fraction of sp³-hybridized carbons (Fsp3) is 0.185. The molecule has 0 saturated carbocycles. The second-order valence-corrected chi connectivity index (χ2v) is 8.63. The van der Waals surface area contributed by atoms with Gasteiger partial charge in [0.05, 0.1) is 19.0 Å². The second kappa shape index (κ2) is 11.9. The van der Waals surface area contributed by atoms with Gasteiger partial charge in [-0.3, -0.25) is 0 Å². The number of aromatic nitrogens is 3. The van der Waals surface area contributed by atoms with Gasteiger partial charge in [0.25, 0.3) is 0 Å². The molecule has 12 heteroatoms. The fourth-order valence-electron chi connectivity index (χ4n) is 3.54. The smallest absolute Gasteiger partial charge is 0.497 e. The zero-order valence-corrected chi connectivity index (χ0v) is 22.1. The van der Waals surface area contributed by atoms with Gasteiger partial charge in [0.15, 0.2) is 10.9 Å². The van der Waals surface area contributed by atoms with Crippen molar-refractivity contribution in [2.45, 2.75) is 20.2 Å². The van der Waals surface area contributed by atoms with E-state index in [2.05, 4.69) is 25.2 Å². The normalized spacial score (nSPS) is 11.4. The molecule has 0 fully saturated rings. The van der Waals surface area contributed by atoms with Crippen molar-refractivity contribution in [2.75, 3.05) is 19.0 Å². The summed E-state index contributed by atoms with van der Waals surface area (Å²) < 4.78 is 47.7. The molecule has 4 rings (SSSR count). The molecule has 202 valence electrons. The number of nitrogens with zero attached hydrogens (tertiary/aromatic N) is 5. The van der Waals surface area contributed by atoms with E-state index in [0.29, 0.717) is 23.2 Å². The largest absolute Gasteiger partial charge is 0.573 e. The molecule has 0 bridgehead atoms. The molecule has 0 aliphatic rings. The molecule has 8 nitrogen and oxygen atoms in total. The lowest BCUT2D eigenvalue weighted by molar-refractivity contribution is -0.274. The molecule has 0 atom stereocenters. The number of nitrogens with one attached hydrogen (secondary N) is 1. The van der Waals surface area contributed by atoms with Crippen molar-refractivity contribution in [3.05, 3.63) is 84.2 Å². The van der Waals surface area contributed by atoms with Gasteiger partial charge in [-0.1, -0.05) is 24.3 Å². The lowest BCUT2D eigenvalue weighted by atomic mass is 10.1. The molecular weight excluding hydrogens is 529 g/mol. The maximum absolute atomic E-state index is 12.4. The molecule has 0 amide bonds. The predicted molar refractivity (Wildman–Crippen MR) is 147 cm³/mol. The number of rotatable bonds is 8. The van der Waals surface area contributed by atoms with Crippen molar-refractivity contribution in [1.29, 1.82) is 0 Å². The van der Waals surface area contributed by atoms with Gasteiger partial charge in [0, 0.05) is 17.8 Å². The van der Waals surface area contributed by atoms with Crippen molar-refractivity contribution in [3.63, 3.8) is 0 Å². The van der Waals surface area contributed by atoms with Crippen LogP contribution in [0, 0.1) is 6.92 Å². The van der Waals surface area contributed by atoms with E-state index in [4.69, 9.17) is 17.0 Å². The number of thiocarbonyl (C=S) groups is 1. The Balaban J connectivity index is 1.39. The van der Waals surface area contributed by atoms with Crippen molar-refractivity contribution in [2.24, 2.45) is 5.10 Å². The average Bonchev–Trinajstić information content (AvgIpc) is 3.40. The highest BCUT2D eigenvalue weighted by Gasteiger charge is 2.31. The van der Waals surface area contributed by atoms with Gasteiger partial charge in [-0.25, -0.2) is 14.7 Å². The predicted octanol–water partition coefficient (Wildman–Crippen LogP) is 6.20. The summed E-state index contributed by atoms with van der Waals surface area (Å²) >= 11 is 5.54. The highest BCUT2D eigenvalue weighted by atomic mass is 32.1. The van der Waals surface area contributed by atoms with Crippen molar-refractivity contribution in [1.82, 2.24) is 19.8 Å². The molecule has 0 aliphatic heterocycles. The monoisotopic (exact) mass is 554 g/mol. The van der Waals surface area contributed by atoms with E-state index in [-0.39, 0.29) is 5.75 Å². The van der Waals surface area contributed by atoms with E-state index in [1.165, 1.54) is 35.3 Å². The summed E-state index contributed by atoms with van der Waals surface area (Å²) in [7, 11) is 1.62. The van der Waals surface area contributed by atoms with Gasteiger partial charge in [-0.05, 0) is 79.7 Å². The lowest BCUT2D eigenvalue weighted by Gasteiger charge is -2.20. The Bertz CT molecular complexity index is 1450. The molecule has 1 heterocycles. The summed E-state index contributed by atoms with van der Waals surface area (Å²) in [6.45, 7) is 4.49. The molecule has 39 heavy (non-hydrogen) atoms. The highest BCUT2D eigenvalue weighted by molar-refractivity contribution is 7.80. The summed E-state index contributed by atoms with van der Waals surface area (Å²) in [5.74, 6) is 0.927. The van der Waals surface area contributed by atoms with E-state index in [1.54, 1.807) is 18.3 Å². The minimum atomic E-state index is -4.74. The van der Waals surface area contributed by atoms with Gasteiger partial charge in [-0.15, -0.1) is 18.3 Å². The van der Waals surface area contributed by atoms with Crippen LogP contribution in [0.5, 0.6) is 11.5 Å². The quantitative estimate of drug-likeness (QED) is 0.158. The van der Waals surface area contributed by atoms with Crippen LogP contribution in [0.4, 0.5) is 18.9 Å². The number of alkyl halides is 3. The van der Waals surface area contributed by atoms with E-state index in [0.717, 1.165) is 28.1 Å². The highest BCUT2D eigenvalue weighted by Crippen LogP contribution is 2.24. The Morgan fingerprint density at radius 3 is 2.38 bits per heavy atom. The second-order valence-electron chi connectivity index (χ2n) is 8.25. The van der Waals surface area contributed by atoms with Gasteiger partial charge < -0.3 is 14.8 Å². The Morgan fingerprint density at radius 1 is 1.08 bits per heavy atom. The molecule has 0 aliphatic carbocycles. The first-order valence-electron chi connectivity index (χ1n) is 11.8. The molecule has 0 spiro atoms. The third-order valence-electron chi connectivity index (χ3n) is 5.55. The van der Waals surface area contributed by atoms with Gasteiger partial charge in [0.2, 0.25) is 0 Å².